The van der Waals surface area contributed by atoms with Crippen LogP contribution in [0.3, 0.4) is 0 Å². The summed E-state index contributed by atoms with van der Waals surface area (Å²) in [5.74, 6) is -0.563. The van der Waals surface area contributed by atoms with Gasteiger partial charge in [-0.3, -0.25) is 9.59 Å². The molecule has 0 heterocycles. The number of rotatable bonds is 3. The van der Waals surface area contributed by atoms with Crippen molar-refractivity contribution in [3.63, 3.8) is 0 Å². The maximum absolute atomic E-state index is 11.5. The molecule has 0 spiro atoms. The normalized spacial score (nSPS) is 47.1. The summed E-state index contributed by atoms with van der Waals surface area (Å²) in [7, 11) is 0. The topological polar surface area (TPSA) is 74.6 Å². The second-order valence-electron chi connectivity index (χ2n) is 6.62. The van der Waals surface area contributed by atoms with Crippen LogP contribution in [-0.4, -0.2) is 22.2 Å². The van der Waals surface area contributed by atoms with E-state index in [9.17, 15) is 14.7 Å². The first-order valence-electron chi connectivity index (χ1n) is 6.38. The SMILES string of the molecule is O=C(O)CC12CC3CC(C1)CC(C(=O)O)(C3)C2. The highest BCUT2D eigenvalue weighted by molar-refractivity contribution is 5.76. The molecule has 0 amide bonds. The van der Waals surface area contributed by atoms with Crippen LogP contribution < -0.4 is 0 Å². The smallest absolute Gasteiger partial charge is 0.309 e. The number of carboxylic acids is 2. The van der Waals surface area contributed by atoms with Crippen molar-refractivity contribution in [2.45, 2.75) is 44.9 Å². The third-order valence-electron chi connectivity index (χ3n) is 5.16. The predicted molar refractivity (Wildman–Crippen MR) is 59.4 cm³/mol. The fourth-order valence-corrected chi connectivity index (χ4v) is 5.23. The zero-order valence-corrected chi connectivity index (χ0v) is 9.82. The molecule has 0 aromatic rings. The van der Waals surface area contributed by atoms with Gasteiger partial charge in [0.2, 0.25) is 0 Å². The van der Waals surface area contributed by atoms with Gasteiger partial charge in [0, 0.05) is 0 Å². The van der Waals surface area contributed by atoms with Crippen LogP contribution in [0.15, 0.2) is 0 Å². The van der Waals surface area contributed by atoms with Gasteiger partial charge in [0.25, 0.3) is 0 Å². The molecule has 4 aliphatic carbocycles. The van der Waals surface area contributed by atoms with Crippen LogP contribution in [0.2, 0.25) is 0 Å². The van der Waals surface area contributed by atoms with E-state index in [-0.39, 0.29) is 11.8 Å². The first-order valence-corrected chi connectivity index (χ1v) is 6.38. The lowest BCUT2D eigenvalue weighted by molar-refractivity contribution is -0.178. The van der Waals surface area contributed by atoms with Crippen molar-refractivity contribution in [2.75, 3.05) is 0 Å². The van der Waals surface area contributed by atoms with Crippen molar-refractivity contribution in [3.05, 3.63) is 0 Å². The standard InChI is InChI=1S/C13H18O4/c14-10(15)6-12-2-8-1-9(3-12)5-13(4-8,7-12)11(16)17/h8-9H,1-7H2,(H,14,15)(H,16,17). The molecule has 4 heteroatoms. The monoisotopic (exact) mass is 238 g/mol. The van der Waals surface area contributed by atoms with Crippen molar-refractivity contribution in [1.82, 2.24) is 0 Å². The van der Waals surface area contributed by atoms with Crippen molar-refractivity contribution >= 4 is 11.9 Å². The van der Waals surface area contributed by atoms with Crippen LogP contribution in [0.5, 0.6) is 0 Å². The Kier molecular flexibility index (Phi) is 2.11. The van der Waals surface area contributed by atoms with Crippen LogP contribution in [0.1, 0.15) is 44.9 Å². The molecule has 2 N–H and O–H groups in total. The van der Waals surface area contributed by atoms with Crippen LogP contribution in [0, 0.1) is 22.7 Å². The number of aliphatic carboxylic acids is 2. The highest BCUT2D eigenvalue weighted by Crippen LogP contribution is 2.66. The Morgan fingerprint density at radius 2 is 1.65 bits per heavy atom. The summed E-state index contributed by atoms with van der Waals surface area (Å²) in [6.07, 6.45) is 5.30. The predicted octanol–water partition coefficient (Wildman–Crippen LogP) is 2.13. The molecule has 17 heavy (non-hydrogen) atoms. The van der Waals surface area contributed by atoms with Crippen molar-refractivity contribution in [3.8, 4) is 0 Å². The molecule has 4 rings (SSSR count). The Balaban J connectivity index is 1.94. The quantitative estimate of drug-likeness (QED) is 0.789. The van der Waals surface area contributed by atoms with Gasteiger partial charge in [-0.1, -0.05) is 0 Å². The minimum absolute atomic E-state index is 0.162. The van der Waals surface area contributed by atoms with E-state index >= 15 is 0 Å². The molecular formula is C13H18O4. The second-order valence-corrected chi connectivity index (χ2v) is 6.62. The van der Waals surface area contributed by atoms with Crippen LogP contribution in [0.4, 0.5) is 0 Å². The van der Waals surface area contributed by atoms with E-state index in [1.54, 1.807) is 0 Å². The minimum Gasteiger partial charge on any atom is -0.481 e. The van der Waals surface area contributed by atoms with E-state index in [0.717, 1.165) is 32.1 Å². The molecule has 2 unspecified atom stereocenters. The van der Waals surface area contributed by atoms with E-state index < -0.39 is 17.4 Å². The Hall–Kier alpha value is -1.06. The average Bonchev–Trinajstić information content (AvgIpc) is 2.12. The molecular weight excluding hydrogens is 220 g/mol. The van der Waals surface area contributed by atoms with Gasteiger partial charge < -0.3 is 10.2 Å². The minimum atomic E-state index is -0.771. The lowest BCUT2D eigenvalue weighted by atomic mass is 9.43. The average molecular weight is 238 g/mol. The van der Waals surface area contributed by atoms with Gasteiger partial charge in [-0.25, -0.2) is 0 Å². The number of hydrogen-bond acceptors (Lipinski definition) is 2. The van der Waals surface area contributed by atoms with Gasteiger partial charge in [0.1, 0.15) is 0 Å². The van der Waals surface area contributed by atoms with E-state index in [4.69, 9.17) is 5.11 Å². The molecule has 4 fully saturated rings. The lowest BCUT2D eigenvalue weighted by Gasteiger charge is -2.60. The van der Waals surface area contributed by atoms with E-state index in [0.29, 0.717) is 18.3 Å². The molecule has 4 nitrogen and oxygen atoms in total. The Labute approximate surface area is 100 Å². The van der Waals surface area contributed by atoms with Gasteiger partial charge in [-0.15, -0.1) is 0 Å². The van der Waals surface area contributed by atoms with E-state index in [1.807, 2.05) is 0 Å². The maximum atomic E-state index is 11.5. The lowest BCUT2D eigenvalue weighted by Crippen LogP contribution is -2.55. The van der Waals surface area contributed by atoms with Crippen molar-refractivity contribution < 1.29 is 19.8 Å². The molecule has 0 aromatic heterocycles. The fraction of sp³-hybridized carbons (Fsp3) is 0.846. The molecule has 2 atom stereocenters. The molecule has 0 aliphatic heterocycles. The second kappa shape index (κ2) is 3.24. The molecule has 0 aromatic carbocycles. The van der Waals surface area contributed by atoms with Gasteiger partial charge in [0.05, 0.1) is 11.8 Å². The molecule has 94 valence electrons. The van der Waals surface area contributed by atoms with Crippen molar-refractivity contribution in [1.29, 1.82) is 0 Å². The highest BCUT2D eigenvalue weighted by Gasteiger charge is 2.61. The fourth-order valence-electron chi connectivity index (χ4n) is 5.23. The summed E-state index contributed by atoms with van der Waals surface area (Å²) < 4.78 is 0. The molecule has 4 aliphatic rings. The third kappa shape index (κ3) is 1.57. The van der Waals surface area contributed by atoms with Crippen molar-refractivity contribution in [2.24, 2.45) is 22.7 Å². The Morgan fingerprint density at radius 3 is 2.12 bits per heavy atom. The largest absolute Gasteiger partial charge is 0.481 e. The summed E-state index contributed by atoms with van der Waals surface area (Å²) in [6, 6.07) is 0. The summed E-state index contributed by atoms with van der Waals surface area (Å²) in [4.78, 5) is 22.5. The summed E-state index contributed by atoms with van der Waals surface area (Å²) in [5.41, 5.74) is -0.812. The Morgan fingerprint density at radius 1 is 1.06 bits per heavy atom. The molecule has 4 bridgehead atoms. The molecule has 0 saturated heterocycles. The maximum Gasteiger partial charge on any atom is 0.309 e. The van der Waals surface area contributed by atoms with Crippen LogP contribution in [0.25, 0.3) is 0 Å². The van der Waals surface area contributed by atoms with Gasteiger partial charge in [-0.05, 0) is 55.8 Å². The van der Waals surface area contributed by atoms with Gasteiger partial charge in [0.15, 0.2) is 0 Å². The summed E-state index contributed by atoms with van der Waals surface area (Å²) >= 11 is 0. The number of carbonyl (C=O) groups is 2. The summed E-state index contributed by atoms with van der Waals surface area (Å²) in [5, 5.41) is 18.5. The first kappa shape index (κ1) is 11.1. The first-order chi connectivity index (χ1) is 7.93. The molecule has 4 saturated carbocycles. The van der Waals surface area contributed by atoms with E-state index in [1.165, 1.54) is 0 Å². The zero-order chi connectivity index (χ0) is 12.3. The van der Waals surface area contributed by atoms with Crippen LogP contribution >= 0.6 is 0 Å². The van der Waals surface area contributed by atoms with Crippen LogP contribution in [-0.2, 0) is 9.59 Å². The number of carboxylic acid groups (broad SMARTS) is 2. The van der Waals surface area contributed by atoms with Gasteiger partial charge in [-0.2, -0.15) is 0 Å². The third-order valence-corrected chi connectivity index (χ3v) is 5.16. The zero-order valence-electron chi connectivity index (χ0n) is 9.82. The van der Waals surface area contributed by atoms with Gasteiger partial charge >= 0.3 is 11.9 Å². The molecule has 0 radical (unpaired) electrons. The Bertz CT molecular complexity index is 373. The highest BCUT2D eigenvalue weighted by atomic mass is 16.4. The number of hydrogen-bond donors (Lipinski definition) is 2. The van der Waals surface area contributed by atoms with E-state index in [2.05, 4.69) is 0 Å². The summed E-state index contributed by atoms with van der Waals surface area (Å²) in [6.45, 7) is 0.